The number of carbonyl (C=O) groups excluding carboxylic acids is 1. The van der Waals surface area contributed by atoms with Crippen LogP contribution in [0.25, 0.3) is 0 Å². The summed E-state index contributed by atoms with van der Waals surface area (Å²) in [5, 5.41) is 0. The quantitative estimate of drug-likeness (QED) is 0.561. The number of anilines is 2. The molecule has 0 aliphatic carbocycles. The van der Waals surface area contributed by atoms with Crippen LogP contribution in [0.15, 0.2) is 65.6 Å². The van der Waals surface area contributed by atoms with Gasteiger partial charge in [0.25, 0.3) is 5.91 Å². The number of hydrogen-bond acceptors (Lipinski definition) is 7. The molecule has 1 amide bonds. The minimum absolute atomic E-state index is 0.0305. The van der Waals surface area contributed by atoms with Crippen LogP contribution in [0.2, 0.25) is 0 Å². The Morgan fingerprint density at radius 1 is 0.839 bits per heavy atom. The Morgan fingerprint density at radius 3 is 1.94 bits per heavy atom. The number of para-hydroxylation sites is 1. The molecule has 0 aromatic heterocycles. The Kier molecular flexibility index (Phi) is 6.07. The first-order chi connectivity index (χ1) is 14.6. The van der Waals surface area contributed by atoms with Crippen molar-refractivity contribution in [3.8, 4) is 23.0 Å². The number of hydrogen-bond donors (Lipinski definition) is 2. The van der Waals surface area contributed by atoms with Gasteiger partial charge in [0.2, 0.25) is 0 Å². The van der Waals surface area contributed by atoms with Crippen LogP contribution in [0.1, 0.15) is 10.4 Å². The summed E-state index contributed by atoms with van der Waals surface area (Å²) in [6.07, 6.45) is 1.10. The number of amides is 1. The average Bonchev–Trinajstić information content (AvgIpc) is 2.71. The van der Waals surface area contributed by atoms with Crippen molar-refractivity contribution in [1.29, 1.82) is 0 Å². The fraction of sp³-hybridized carbons (Fsp3) is 0.136. The van der Waals surface area contributed by atoms with Gasteiger partial charge in [-0.3, -0.25) is 4.79 Å². The van der Waals surface area contributed by atoms with Crippen LogP contribution in [-0.2, 0) is 9.84 Å². The zero-order valence-electron chi connectivity index (χ0n) is 17.3. The number of carbonyl (C=O) groups is 1. The maximum atomic E-state index is 12.1. The smallest absolute Gasteiger partial charge is 0.253 e. The van der Waals surface area contributed by atoms with Gasteiger partial charge in [0.1, 0.15) is 16.4 Å². The maximum Gasteiger partial charge on any atom is 0.253 e. The van der Waals surface area contributed by atoms with Crippen LogP contribution in [0.4, 0.5) is 11.4 Å². The predicted molar refractivity (Wildman–Crippen MR) is 119 cm³/mol. The van der Waals surface area contributed by atoms with Crippen LogP contribution in [0, 0.1) is 0 Å². The van der Waals surface area contributed by atoms with E-state index in [-0.39, 0.29) is 39.4 Å². The lowest BCUT2D eigenvalue weighted by Gasteiger charge is -2.16. The Morgan fingerprint density at radius 2 is 1.39 bits per heavy atom. The molecule has 9 heteroatoms. The number of benzene rings is 3. The summed E-state index contributed by atoms with van der Waals surface area (Å²) in [4.78, 5) is 13.6. The number of ether oxygens (including phenoxy) is 2. The lowest BCUT2D eigenvalue weighted by atomic mass is 10.2. The zero-order chi connectivity index (χ0) is 22.8. The van der Waals surface area contributed by atoms with Crippen LogP contribution in [0.3, 0.4) is 0 Å². The van der Waals surface area contributed by atoms with Crippen molar-refractivity contribution >= 4 is 27.1 Å². The molecule has 0 unspecified atom stereocenters. The molecule has 0 saturated heterocycles. The van der Waals surface area contributed by atoms with Gasteiger partial charge in [-0.2, -0.15) is 0 Å². The molecule has 31 heavy (non-hydrogen) atoms. The molecule has 0 atom stereocenters. The molecule has 3 aromatic carbocycles. The Balaban J connectivity index is 1.96. The number of sulfone groups is 1. The van der Waals surface area contributed by atoms with Crippen molar-refractivity contribution in [3.63, 3.8) is 0 Å². The number of nitrogens with two attached hydrogens (primary N) is 2. The minimum atomic E-state index is -3.52. The van der Waals surface area contributed by atoms with Gasteiger partial charge in [-0.05, 0) is 36.4 Å². The highest BCUT2D eigenvalue weighted by Crippen LogP contribution is 2.40. The fourth-order valence-corrected chi connectivity index (χ4v) is 3.56. The Hall–Kier alpha value is -3.72. The summed E-state index contributed by atoms with van der Waals surface area (Å²) in [5.41, 5.74) is 12.9. The van der Waals surface area contributed by atoms with E-state index in [9.17, 15) is 13.2 Å². The standard InChI is InChI=1S/C22H23N3O5S/c1-25(2)22(26)14-8-10-15(11-9-14)29-19-12-16(23)17(24)13-20(19)30-18-6-4-5-7-21(18)31(3,27)28/h4-13H,23-24H2,1-3H3. The zero-order valence-corrected chi connectivity index (χ0v) is 18.1. The third kappa shape index (κ3) is 5.07. The van der Waals surface area contributed by atoms with E-state index in [0.29, 0.717) is 11.3 Å². The van der Waals surface area contributed by atoms with E-state index in [0.717, 1.165) is 6.26 Å². The normalized spacial score (nSPS) is 11.1. The first-order valence-electron chi connectivity index (χ1n) is 9.22. The molecule has 8 nitrogen and oxygen atoms in total. The van der Waals surface area contributed by atoms with Crippen LogP contribution in [0.5, 0.6) is 23.0 Å². The summed E-state index contributed by atoms with van der Waals surface area (Å²) in [7, 11) is -0.184. The van der Waals surface area contributed by atoms with E-state index in [1.165, 1.54) is 29.2 Å². The van der Waals surface area contributed by atoms with Gasteiger partial charge in [0.15, 0.2) is 21.3 Å². The largest absolute Gasteiger partial charge is 0.453 e. The highest BCUT2D eigenvalue weighted by molar-refractivity contribution is 7.90. The van der Waals surface area contributed by atoms with Crippen molar-refractivity contribution in [3.05, 3.63) is 66.2 Å². The fourth-order valence-electron chi connectivity index (χ4n) is 2.76. The van der Waals surface area contributed by atoms with Crippen molar-refractivity contribution in [1.82, 2.24) is 4.90 Å². The van der Waals surface area contributed by atoms with E-state index in [2.05, 4.69) is 0 Å². The van der Waals surface area contributed by atoms with Gasteiger partial charge in [-0.25, -0.2) is 8.42 Å². The first kappa shape index (κ1) is 22.0. The second kappa shape index (κ2) is 8.57. The van der Waals surface area contributed by atoms with Gasteiger partial charge in [-0.15, -0.1) is 0 Å². The van der Waals surface area contributed by atoms with Crippen molar-refractivity contribution < 1.29 is 22.7 Å². The van der Waals surface area contributed by atoms with Gasteiger partial charge in [0.05, 0.1) is 11.4 Å². The average molecular weight is 442 g/mol. The van der Waals surface area contributed by atoms with Crippen LogP contribution < -0.4 is 20.9 Å². The molecule has 3 aromatic rings. The highest BCUT2D eigenvalue weighted by Gasteiger charge is 2.18. The first-order valence-corrected chi connectivity index (χ1v) is 11.1. The molecule has 3 rings (SSSR count). The molecule has 0 bridgehead atoms. The van der Waals surface area contributed by atoms with Crippen LogP contribution in [-0.4, -0.2) is 39.6 Å². The number of rotatable bonds is 6. The highest BCUT2D eigenvalue weighted by atomic mass is 32.2. The SMILES string of the molecule is CN(C)C(=O)c1ccc(Oc2cc(N)c(N)cc2Oc2ccccc2S(C)(=O)=O)cc1. The van der Waals surface area contributed by atoms with Gasteiger partial charge >= 0.3 is 0 Å². The Labute approximate surface area is 180 Å². The van der Waals surface area contributed by atoms with Crippen molar-refractivity contribution in [2.75, 3.05) is 31.8 Å². The molecule has 0 spiro atoms. The van der Waals surface area contributed by atoms with E-state index < -0.39 is 9.84 Å². The molecule has 0 aliphatic heterocycles. The predicted octanol–water partition coefficient (Wildman–Crippen LogP) is 3.54. The van der Waals surface area contributed by atoms with Crippen molar-refractivity contribution in [2.24, 2.45) is 0 Å². The van der Waals surface area contributed by atoms with Gasteiger partial charge < -0.3 is 25.8 Å². The monoisotopic (exact) mass is 441 g/mol. The van der Waals surface area contributed by atoms with E-state index in [4.69, 9.17) is 20.9 Å². The molecular formula is C22H23N3O5S. The molecular weight excluding hydrogens is 418 g/mol. The van der Waals surface area contributed by atoms with E-state index in [1.807, 2.05) is 0 Å². The second-order valence-corrected chi connectivity index (χ2v) is 9.06. The summed E-state index contributed by atoms with van der Waals surface area (Å²) in [6.45, 7) is 0. The Bertz CT molecular complexity index is 1220. The van der Waals surface area contributed by atoms with E-state index >= 15 is 0 Å². The molecule has 0 aliphatic rings. The number of nitrogen functional groups attached to an aromatic ring is 2. The third-order valence-corrected chi connectivity index (χ3v) is 5.49. The summed E-state index contributed by atoms with van der Waals surface area (Å²) in [5.74, 6) is 0.856. The van der Waals surface area contributed by atoms with Gasteiger partial charge in [0, 0.05) is 38.0 Å². The summed E-state index contributed by atoms with van der Waals surface area (Å²) >= 11 is 0. The topological polar surface area (TPSA) is 125 Å². The second-order valence-electron chi connectivity index (χ2n) is 7.07. The summed E-state index contributed by atoms with van der Waals surface area (Å²) < 4.78 is 35.9. The molecule has 0 radical (unpaired) electrons. The third-order valence-electron chi connectivity index (χ3n) is 4.35. The summed E-state index contributed by atoms with van der Waals surface area (Å²) in [6, 6.07) is 15.8. The minimum Gasteiger partial charge on any atom is -0.453 e. The molecule has 0 fully saturated rings. The molecule has 0 heterocycles. The van der Waals surface area contributed by atoms with Crippen molar-refractivity contribution in [2.45, 2.75) is 4.90 Å². The molecule has 4 N–H and O–H groups in total. The van der Waals surface area contributed by atoms with E-state index in [1.54, 1.807) is 50.5 Å². The maximum absolute atomic E-state index is 12.1. The van der Waals surface area contributed by atoms with Gasteiger partial charge in [-0.1, -0.05) is 12.1 Å². The lowest BCUT2D eigenvalue weighted by Crippen LogP contribution is -2.21. The lowest BCUT2D eigenvalue weighted by molar-refractivity contribution is 0.0827. The number of nitrogens with zero attached hydrogens (tertiary/aromatic N) is 1. The molecule has 0 saturated carbocycles. The van der Waals surface area contributed by atoms with Crippen LogP contribution >= 0.6 is 0 Å². The molecule has 162 valence electrons.